The Hall–Kier alpha value is -1.10. The average molecular weight is 201 g/mol. The molecule has 0 saturated heterocycles. The quantitative estimate of drug-likeness (QED) is 0.535. The van der Waals surface area contributed by atoms with Gasteiger partial charge in [0, 0.05) is 19.5 Å². The highest BCUT2D eigenvalue weighted by atomic mass is 16.2. The summed E-state index contributed by atoms with van der Waals surface area (Å²) in [4.78, 5) is 22.0. The number of carbonyl (C=O) groups excluding carboxylic acids is 2. The predicted octanol–water partition coefficient (Wildman–Crippen LogP) is -0.634. The number of rotatable bonds is 6. The summed E-state index contributed by atoms with van der Waals surface area (Å²) in [6, 6.07) is -0.520. The van der Waals surface area contributed by atoms with Crippen LogP contribution in [-0.4, -0.2) is 30.9 Å². The largest absolute Gasteiger partial charge is 0.356 e. The van der Waals surface area contributed by atoms with Crippen molar-refractivity contribution in [3.63, 3.8) is 0 Å². The molecule has 0 bridgehead atoms. The van der Waals surface area contributed by atoms with Crippen molar-refractivity contribution >= 4 is 11.8 Å². The molecule has 5 heteroatoms. The van der Waals surface area contributed by atoms with E-state index in [0.29, 0.717) is 19.5 Å². The molecule has 0 aromatic rings. The van der Waals surface area contributed by atoms with Gasteiger partial charge in [0.2, 0.25) is 11.8 Å². The van der Waals surface area contributed by atoms with Crippen molar-refractivity contribution in [3.05, 3.63) is 0 Å². The minimum Gasteiger partial charge on any atom is -0.356 e. The van der Waals surface area contributed by atoms with Crippen LogP contribution in [0.15, 0.2) is 0 Å². The van der Waals surface area contributed by atoms with Crippen LogP contribution in [0.25, 0.3) is 0 Å². The molecule has 0 spiro atoms. The van der Waals surface area contributed by atoms with Crippen molar-refractivity contribution in [3.8, 4) is 0 Å². The third-order valence-electron chi connectivity index (χ3n) is 1.64. The second-order valence-corrected chi connectivity index (χ2v) is 3.18. The Morgan fingerprint density at radius 2 is 1.93 bits per heavy atom. The molecule has 0 rings (SSSR count). The Morgan fingerprint density at radius 1 is 1.29 bits per heavy atom. The van der Waals surface area contributed by atoms with Gasteiger partial charge in [-0.1, -0.05) is 6.92 Å². The smallest absolute Gasteiger partial charge is 0.236 e. The van der Waals surface area contributed by atoms with Gasteiger partial charge in [0.1, 0.15) is 0 Å². The zero-order chi connectivity index (χ0) is 11.0. The fourth-order valence-electron chi connectivity index (χ4n) is 0.813. The summed E-state index contributed by atoms with van der Waals surface area (Å²) in [6.45, 7) is 4.61. The molecule has 0 aromatic heterocycles. The second-order valence-electron chi connectivity index (χ2n) is 3.18. The summed E-state index contributed by atoms with van der Waals surface area (Å²) >= 11 is 0. The number of hydrogen-bond donors (Lipinski definition) is 3. The summed E-state index contributed by atoms with van der Waals surface area (Å²) in [5.41, 5.74) is 5.32. The van der Waals surface area contributed by atoms with E-state index in [-0.39, 0.29) is 11.8 Å². The standard InChI is InChI=1S/C9H19N3O2/c1-3-5-11-8(13)4-6-12-9(14)7(2)10/h7H,3-6,10H2,1-2H3,(H,11,13)(H,12,14)/t7-/m1/s1. The molecule has 0 aromatic carbocycles. The summed E-state index contributed by atoms with van der Waals surface area (Å²) in [6.07, 6.45) is 1.22. The minimum atomic E-state index is -0.520. The van der Waals surface area contributed by atoms with E-state index >= 15 is 0 Å². The maximum atomic E-state index is 11.1. The normalized spacial score (nSPS) is 11.9. The van der Waals surface area contributed by atoms with Gasteiger partial charge in [0.25, 0.3) is 0 Å². The summed E-state index contributed by atoms with van der Waals surface area (Å²) in [7, 11) is 0. The lowest BCUT2D eigenvalue weighted by Gasteiger charge is -2.07. The molecule has 0 heterocycles. The van der Waals surface area contributed by atoms with Crippen LogP contribution in [0, 0.1) is 0 Å². The molecule has 82 valence electrons. The summed E-state index contributed by atoms with van der Waals surface area (Å²) < 4.78 is 0. The molecule has 5 nitrogen and oxygen atoms in total. The molecule has 1 atom stereocenters. The van der Waals surface area contributed by atoms with Crippen LogP contribution < -0.4 is 16.4 Å². The Bertz CT molecular complexity index is 192. The lowest BCUT2D eigenvalue weighted by molar-refractivity contribution is -0.122. The van der Waals surface area contributed by atoms with E-state index < -0.39 is 6.04 Å². The van der Waals surface area contributed by atoms with Gasteiger partial charge in [0.15, 0.2) is 0 Å². The van der Waals surface area contributed by atoms with Gasteiger partial charge >= 0.3 is 0 Å². The van der Waals surface area contributed by atoms with E-state index in [4.69, 9.17) is 5.73 Å². The predicted molar refractivity (Wildman–Crippen MR) is 54.6 cm³/mol. The summed E-state index contributed by atoms with van der Waals surface area (Å²) in [5.74, 6) is -0.273. The first-order valence-corrected chi connectivity index (χ1v) is 4.88. The van der Waals surface area contributed by atoms with E-state index in [1.807, 2.05) is 6.92 Å². The maximum Gasteiger partial charge on any atom is 0.236 e. The number of nitrogens with two attached hydrogens (primary N) is 1. The third kappa shape index (κ3) is 6.42. The van der Waals surface area contributed by atoms with E-state index in [2.05, 4.69) is 10.6 Å². The maximum absolute atomic E-state index is 11.1. The number of amides is 2. The first-order valence-electron chi connectivity index (χ1n) is 4.88. The SMILES string of the molecule is CCCNC(=O)CCNC(=O)[C@@H](C)N. The molecule has 0 unspecified atom stereocenters. The lowest BCUT2D eigenvalue weighted by atomic mass is 10.3. The fraction of sp³-hybridized carbons (Fsp3) is 0.778. The van der Waals surface area contributed by atoms with Crippen LogP contribution in [0.1, 0.15) is 26.7 Å². The molecule has 4 N–H and O–H groups in total. The van der Waals surface area contributed by atoms with Crippen LogP contribution in [0.3, 0.4) is 0 Å². The van der Waals surface area contributed by atoms with Crippen LogP contribution in [-0.2, 0) is 9.59 Å². The second kappa shape index (κ2) is 7.32. The van der Waals surface area contributed by atoms with Gasteiger partial charge in [0.05, 0.1) is 6.04 Å². The van der Waals surface area contributed by atoms with Crippen molar-refractivity contribution < 1.29 is 9.59 Å². The highest BCUT2D eigenvalue weighted by Gasteiger charge is 2.06. The summed E-state index contributed by atoms with van der Waals surface area (Å²) in [5, 5.41) is 5.28. The Balaban J connectivity index is 3.44. The molecular formula is C9H19N3O2. The van der Waals surface area contributed by atoms with E-state index in [9.17, 15) is 9.59 Å². The average Bonchev–Trinajstić information content (AvgIpc) is 2.14. The van der Waals surface area contributed by atoms with Crippen molar-refractivity contribution in [1.82, 2.24) is 10.6 Å². The van der Waals surface area contributed by atoms with Crippen molar-refractivity contribution in [2.45, 2.75) is 32.7 Å². The molecule has 0 aliphatic carbocycles. The highest BCUT2D eigenvalue weighted by Crippen LogP contribution is 1.81. The molecule has 0 fully saturated rings. The fourth-order valence-corrected chi connectivity index (χ4v) is 0.813. The van der Waals surface area contributed by atoms with Crippen molar-refractivity contribution in [2.24, 2.45) is 5.73 Å². The molecule has 0 aliphatic heterocycles. The Morgan fingerprint density at radius 3 is 2.43 bits per heavy atom. The van der Waals surface area contributed by atoms with E-state index in [1.165, 1.54) is 0 Å². The van der Waals surface area contributed by atoms with Crippen molar-refractivity contribution in [1.29, 1.82) is 0 Å². The van der Waals surface area contributed by atoms with Crippen LogP contribution >= 0.6 is 0 Å². The first kappa shape index (κ1) is 12.9. The molecule has 0 radical (unpaired) electrons. The molecular weight excluding hydrogens is 182 g/mol. The van der Waals surface area contributed by atoms with Crippen LogP contribution in [0.5, 0.6) is 0 Å². The van der Waals surface area contributed by atoms with Gasteiger partial charge in [-0.2, -0.15) is 0 Å². The van der Waals surface area contributed by atoms with Gasteiger partial charge in [-0.15, -0.1) is 0 Å². The van der Waals surface area contributed by atoms with Gasteiger partial charge in [-0.25, -0.2) is 0 Å². The molecule has 0 saturated carbocycles. The van der Waals surface area contributed by atoms with E-state index in [0.717, 1.165) is 6.42 Å². The third-order valence-corrected chi connectivity index (χ3v) is 1.64. The molecule has 0 aliphatic rings. The van der Waals surface area contributed by atoms with E-state index in [1.54, 1.807) is 6.92 Å². The van der Waals surface area contributed by atoms with Gasteiger partial charge in [-0.3, -0.25) is 9.59 Å². The van der Waals surface area contributed by atoms with Crippen LogP contribution in [0.2, 0.25) is 0 Å². The number of hydrogen-bond acceptors (Lipinski definition) is 3. The topological polar surface area (TPSA) is 84.2 Å². The van der Waals surface area contributed by atoms with Gasteiger partial charge < -0.3 is 16.4 Å². The zero-order valence-electron chi connectivity index (χ0n) is 8.80. The first-order chi connectivity index (χ1) is 6.57. The van der Waals surface area contributed by atoms with Gasteiger partial charge in [-0.05, 0) is 13.3 Å². The molecule has 2 amide bonds. The number of carbonyl (C=O) groups is 2. The monoisotopic (exact) mass is 201 g/mol. The highest BCUT2D eigenvalue weighted by molar-refractivity contribution is 5.82. The lowest BCUT2D eigenvalue weighted by Crippen LogP contribution is -2.40. The minimum absolute atomic E-state index is 0.0446. The molecule has 14 heavy (non-hydrogen) atoms. The Kier molecular flexibility index (Phi) is 6.74. The van der Waals surface area contributed by atoms with Crippen LogP contribution in [0.4, 0.5) is 0 Å². The number of nitrogens with one attached hydrogen (secondary N) is 2. The van der Waals surface area contributed by atoms with Crippen molar-refractivity contribution in [2.75, 3.05) is 13.1 Å². The zero-order valence-corrected chi connectivity index (χ0v) is 8.80. The Labute approximate surface area is 84.4 Å².